The molecule has 2 aliphatic heterocycles. The van der Waals surface area contributed by atoms with E-state index in [1.807, 2.05) is 37.5 Å². The maximum Gasteiger partial charge on any atom is 0.414 e. The molecule has 0 spiro atoms. The Morgan fingerprint density at radius 1 is 1.26 bits per heavy atom. The molecule has 34 heavy (non-hydrogen) atoms. The van der Waals surface area contributed by atoms with E-state index in [1.165, 1.54) is 21.6 Å². The first-order chi connectivity index (χ1) is 16.6. The Balaban J connectivity index is 1.25. The second-order valence-corrected chi connectivity index (χ2v) is 9.41. The van der Waals surface area contributed by atoms with Crippen LogP contribution in [0, 0.1) is 0 Å². The van der Waals surface area contributed by atoms with Crippen LogP contribution in [0.15, 0.2) is 73.2 Å². The first-order valence-electron chi connectivity index (χ1n) is 11.4. The molecular formula is C26H27N5O2S. The van der Waals surface area contributed by atoms with Gasteiger partial charge in [-0.3, -0.25) is 4.90 Å². The van der Waals surface area contributed by atoms with Crippen molar-refractivity contribution in [1.29, 1.82) is 0 Å². The molecule has 2 aromatic heterocycles. The van der Waals surface area contributed by atoms with Crippen molar-refractivity contribution in [2.75, 3.05) is 29.5 Å². The molecule has 0 radical (unpaired) electrons. The molecule has 0 N–H and O–H groups in total. The van der Waals surface area contributed by atoms with Crippen LogP contribution in [-0.4, -0.2) is 40.6 Å². The number of carbonyl (C=O) groups excluding carboxylic acids is 1. The number of allylic oxidation sites excluding steroid dienone is 5. The van der Waals surface area contributed by atoms with Gasteiger partial charge >= 0.3 is 6.09 Å². The molecule has 5 rings (SSSR count). The Morgan fingerprint density at radius 3 is 2.94 bits per heavy atom. The van der Waals surface area contributed by atoms with E-state index in [9.17, 15) is 4.79 Å². The molecule has 0 unspecified atom stereocenters. The zero-order chi connectivity index (χ0) is 23.5. The molecule has 0 bridgehead atoms. The lowest BCUT2D eigenvalue weighted by Crippen LogP contribution is -2.31. The minimum atomic E-state index is -0.265. The Hall–Kier alpha value is -3.65. The fourth-order valence-electron chi connectivity index (χ4n) is 4.20. The molecule has 7 nitrogen and oxygen atoms in total. The molecular weight excluding hydrogens is 446 g/mol. The number of rotatable bonds is 7. The average Bonchev–Trinajstić information content (AvgIpc) is 3.63. The van der Waals surface area contributed by atoms with Gasteiger partial charge in [0.2, 0.25) is 0 Å². The van der Waals surface area contributed by atoms with Crippen LogP contribution in [-0.2, 0) is 24.1 Å². The van der Waals surface area contributed by atoms with Crippen LogP contribution in [0.5, 0.6) is 0 Å². The molecule has 1 fully saturated rings. The third-order valence-corrected chi connectivity index (χ3v) is 7.18. The van der Waals surface area contributed by atoms with Crippen LogP contribution in [0.25, 0.3) is 5.70 Å². The van der Waals surface area contributed by atoms with E-state index >= 15 is 0 Å². The number of benzene rings is 1. The van der Waals surface area contributed by atoms with Gasteiger partial charge < -0.3 is 9.64 Å². The third-order valence-electron chi connectivity index (χ3n) is 6.12. The molecule has 174 valence electrons. The Morgan fingerprint density at radius 2 is 2.18 bits per heavy atom. The number of ether oxygens (including phenoxy) is 1. The minimum Gasteiger partial charge on any atom is -0.447 e. The molecule has 4 heterocycles. The zero-order valence-electron chi connectivity index (χ0n) is 19.2. The van der Waals surface area contributed by atoms with E-state index in [0.29, 0.717) is 13.2 Å². The topological polar surface area (TPSA) is 63.5 Å². The van der Waals surface area contributed by atoms with Crippen molar-refractivity contribution in [2.45, 2.75) is 26.3 Å². The number of amides is 1. The normalized spacial score (nSPS) is 16.3. The summed E-state index contributed by atoms with van der Waals surface area (Å²) in [5.41, 5.74) is 5.51. The van der Waals surface area contributed by atoms with Crippen molar-refractivity contribution in [2.24, 2.45) is 0 Å². The smallest absolute Gasteiger partial charge is 0.414 e. The summed E-state index contributed by atoms with van der Waals surface area (Å²) in [5.74, 6) is 0. The Kier molecular flexibility index (Phi) is 6.31. The molecule has 1 saturated heterocycles. The standard InChI is InChI=1S/C26H27N5O2S/c1-3-20(6-5-19(2)31-11-4-10-28-31)15-24-17-27-25(34-24)29-12-9-21-7-8-23(16-22(21)18-29)30-13-14-33-26(30)32/h3-8,10-11,16-17H,2,9,12-15,18H2,1H3/b6-5-,20-3+. The van der Waals surface area contributed by atoms with Crippen molar-refractivity contribution in [1.82, 2.24) is 14.8 Å². The van der Waals surface area contributed by atoms with Gasteiger partial charge in [0.25, 0.3) is 0 Å². The van der Waals surface area contributed by atoms with E-state index < -0.39 is 0 Å². The van der Waals surface area contributed by atoms with Gasteiger partial charge in [0.05, 0.1) is 12.2 Å². The quantitative estimate of drug-likeness (QED) is 0.448. The van der Waals surface area contributed by atoms with Crippen molar-refractivity contribution in [3.05, 3.63) is 89.2 Å². The molecule has 1 amide bonds. The second kappa shape index (κ2) is 9.69. The van der Waals surface area contributed by atoms with E-state index in [4.69, 9.17) is 9.72 Å². The number of fused-ring (bicyclic) bond motifs is 1. The van der Waals surface area contributed by atoms with E-state index in [0.717, 1.165) is 42.4 Å². The predicted molar refractivity (Wildman–Crippen MR) is 136 cm³/mol. The van der Waals surface area contributed by atoms with Gasteiger partial charge in [0, 0.05) is 48.7 Å². The Labute approximate surface area is 203 Å². The van der Waals surface area contributed by atoms with Gasteiger partial charge in [-0.25, -0.2) is 14.5 Å². The summed E-state index contributed by atoms with van der Waals surface area (Å²) in [4.78, 5) is 21.9. The van der Waals surface area contributed by atoms with Gasteiger partial charge in [-0.05, 0) is 54.3 Å². The maximum atomic E-state index is 12.0. The number of cyclic esters (lactones) is 1. The number of aromatic nitrogens is 3. The first-order valence-corrected chi connectivity index (χ1v) is 12.2. The molecule has 8 heteroatoms. The lowest BCUT2D eigenvalue weighted by Gasteiger charge is -2.29. The van der Waals surface area contributed by atoms with Crippen LogP contribution >= 0.6 is 11.3 Å². The number of hydrogen-bond donors (Lipinski definition) is 0. The lowest BCUT2D eigenvalue weighted by molar-refractivity contribution is 0.181. The molecule has 2 aliphatic rings. The number of nitrogens with zero attached hydrogens (tertiary/aromatic N) is 5. The van der Waals surface area contributed by atoms with Gasteiger partial charge in [-0.2, -0.15) is 5.10 Å². The van der Waals surface area contributed by atoms with Gasteiger partial charge in [0.1, 0.15) is 6.61 Å². The van der Waals surface area contributed by atoms with Crippen LogP contribution in [0.1, 0.15) is 22.9 Å². The molecule has 0 aliphatic carbocycles. The monoisotopic (exact) mass is 473 g/mol. The number of hydrogen-bond acceptors (Lipinski definition) is 6. The molecule has 3 aromatic rings. The molecule has 1 aromatic carbocycles. The van der Waals surface area contributed by atoms with E-state index in [-0.39, 0.29) is 6.09 Å². The van der Waals surface area contributed by atoms with E-state index in [1.54, 1.807) is 27.1 Å². The molecule has 0 saturated carbocycles. The second-order valence-electron chi connectivity index (χ2n) is 8.32. The van der Waals surface area contributed by atoms with E-state index in [2.05, 4.69) is 40.9 Å². The minimum absolute atomic E-state index is 0.265. The lowest BCUT2D eigenvalue weighted by atomic mass is 9.99. The first kappa shape index (κ1) is 22.2. The van der Waals surface area contributed by atoms with Gasteiger partial charge in [0.15, 0.2) is 5.13 Å². The van der Waals surface area contributed by atoms with Gasteiger partial charge in [-0.15, -0.1) is 11.3 Å². The summed E-state index contributed by atoms with van der Waals surface area (Å²) >= 11 is 1.74. The summed E-state index contributed by atoms with van der Waals surface area (Å²) in [6, 6.07) is 8.17. The summed E-state index contributed by atoms with van der Waals surface area (Å²) in [5, 5.41) is 5.25. The largest absolute Gasteiger partial charge is 0.447 e. The predicted octanol–water partition coefficient (Wildman–Crippen LogP) is 5.07. The van der Waals surface area contributed by atoms with Crippen LogP contribution in [0.3, 0.4) is 0 Å². The zero-order valence-corrected chi connectivity index (χ0v) is 20.0. The summed E-state index contributed by atoms with van der Waals surface area (Å²) in [6.45, 7) is 8.90. The summed E-state index contributed by atoms with van der Waals surface area (Å²) < 4.78 is 6.85. The summed E-state index contributed by atoms with van der Waals surface area (Å²) in [6.07, 6.45) is 13.3. The molecule has 0 atom stereocenters. The van der Waals surface area contributed by atoms with Crippen molar-refractivity contribution >= 4 is 33.9 Å². The highest BCUT2D eigenvalue weighted by atomic mass is 32.1. The van der Waals surface area contributed by atoms with Gasteiger partial charge in [-0.1, -0.05) is 24.8 Å². The average molecular weight is 474 g/mol. The highest BCUT2D eigenvalue weighted by Crippen LogP contribution is 2.31. The SMILES string of the molecule is C=C(/C=C\C(=C/C)Cc1cnc(N2CCc3ccc(N4CCOC4=O)cc3C2)s1)n1cccn1. The van der Waals surface area contributed by atoms with Crippen LogP contribution in [0.2, 0.25) is 0 Å². The number of carbonyl (C=O) groups is 1. The third kappa shape index (κ3) is 4.68. The highest BCUT2D eigenvalue weighted by Gasteiger charge is 2.26. The summed E-state index contributed by atoms with van der Waals surface area (Å²) in [7, 11) is 0. The fourth-order valence-corrected chi connectivity index (χ4v) is 5.17. The highest BCUT2D eigenvalue weighted by molar-refractivity contribution is 7.15. The number of anilines is 2. The fraction of sp³-hybridized carbons (Fsp3) is 0.269. The van der Waals surface area contributed by atoms with Crippen molar-refractivity contribution < 1.29 is 9.53 Å². The maximum absolute atomic E-state index is 12.0. The number of thiazole rings is 1. The van der Waals surface area contributed by atoms with Crippen molar-refractivity contribution in [3.63, 3.8) is 0 Å². The van der Waals surface area contributed by atoms with Crippen LogP contribution in [0.4, 0.5) is 15.6 Å². The van der Waals surface area contributed by atoms with Crippen LogP contribution < -0.4 is 9.80 Å². The Bertz CT molecular complexity index is 1260. The van der Waals surface area contributed by atoms with Crippen molar-refractivity contribution in [3.8, 4) is 0 Å².